The Morgan fingerprint density at radius 2 is 1.57 bits per heavy atom. The van der Waals surface area contributed by atoms with Crippen molar-refractivity contribution in [2.45, 2.75) is 71.9 Å². The van der Waals surface area contributed by atoms with E-state index in [4.69, 9.17) is 0 Å². The van der Waals surface area contributed by atoms with Gasteiger partial charge in [-0.25, -0.2) is 0 Å². The molecule has 14 heavy (non-hydrogen) atoms. The number of hydrogen-bond donors (Lipinski definition) is 2. The number of rotatable bonds is 2. The van der Waals surface area contributed by atoms with Crippen LogP contribution in [0, 0.1) is 5.41 Å². The molecular formula is C12H26N2. The molecule has 0 saturated heterocycles. The predicted octanol–water partition coefficient (Wildman–Crippen LogP) is 2.85. The van der Waals surface area contributed by atoms with Crippen LogP contribution >= 0.6 is 0 Å². The van der Waals surface area contributed by atoms with E-state index in [-0.39, 0.29) is 5.54 Å². The first-order chi connectivity index (χ1) is 6.29. The van der Waals surface area contributed by atoms with Crippen LogP contribution < -0.4 is 10.9 Å². The van der Waals surface area contributed by atoms with Gasteiger partial charge in [0, 0.05) is 11.6 Å². The Kier molecular flexibility index (Phi) is 3.59. The fourth-order valence-corrected chi connectivity index (χ4v) is 1.86. The minimum atomic E-state index is 0.174. The molecule has 0 aromatic rings. The lowest BCUT2D eigenvalue weighted by Crippen LogP contribution is -2.51. The highest BCUT2D eigenvalue weighted by Gasteiger charge is 2.26. The lowest BCUT2D eigenvalue weighted by Gasteiger charge is -2.36. The van der Waals surface area contributed by atoms with E-state index in [1.54, 1.807) is 0 Å². The predicted molar refractivity (Wildman–Crippen MR) is 62.1 cm³/mol. The summed E-state index contributed by atoms with van der Waals surface area (Å²) in [6.07, 6.45) is 5.29. The molecule has 0 heterocycles. The van der Waals surface area contributed by atoms with Crippen molar-refractivity contribution in [1.29, 1.82) is 0 Å². The van der Waals surface area contributed by atoms with Gasteiger partial charge in [0.15, 0.2) is 0 Å². The highest BCUT2D eigenvalue weighted by Crippen LogP contribution is 2.34. The molecule has 0 aromatic carbocycles. The maximum Gasteiger partial charge on any atom is 0.0239 e. The lowest BCUT2D eigenvalue weighted by molar-refractivity contribution is 0.183. The third kappa shape index (κ3) is 4.43. The van der Waals surface area contributed by atoms with Crippen LogP contribution in [0.1, 0.15) is 60.3 Å². The van der Waals surface area contributed by atoms with Crippen LogP contribution in [0.3, 0.4) is 0 Å². The Labute approximate surface area is 88.8 Å². The molecule has 0 amide bonds. The minimum absolute atomic E-state index is 0.174. The Morgan fingerprint density at radius 3 is 2.00 bits per heavy atom. The van der Waals surface area contributed by atoms with E-state index in [2.05, 4.69) is 45.5 Å². The number of nitrogens with one attached hydrogen (secondary N) is 2. The maximum absolute atomic E-state index is 3.45. The van der Waals surface area contributed by atoms with Gasteiger partial charge in [-0.3, -0.25) is 10.9 Å². The monoisotopic (exact) mass is 198 g/mol. The summed E-state index contributed by atoms with van der Waals surface area (Å²) in [5.41, 5.74) is 7.56. The van der Waals surface area contributed by atoms with Crippen molar-refractivity contribution in [2.75, 3.05) is 0 Å². The summed E-state index contributed by atoms with van der Waals surface area (Å²) in [6.45, 7) is 11.3. The molecule has 1 aliphatic rings. The molecule has 2 nitrogen and oxygen atoms in total. The average Bonchev–Trinajstić information content (AvgIpc) is 2.01. The van der Waals surface area contributed by atoms with E-state index in [9.17, 15) is 0 Å². The topological polar surface area (TPSA) is 24.1 Å². The van der Waals surface area contributed by atoms with Gasteiger partial charge in [-0.15, -0.1) is 0 Å². The first-order valence-corrected chi connectivity index (χ1v) is 5.81. The van der Waals surface area contributed by atoms with Crippen LogP contribution in [-0.2, 0) is 0 Å². The van der Waals surface area contributed by atoms with Gasteiger partial charge >= 0.3 is 0 Å². The molecule has 0 spiro atoms. The van der Waals surface area contributed by atoms with Crippen molar-refractivity contribution in [2.24, 2.45) is 5.41 Å². The van der Waals surface area contributed by atoms with Gasteiger partial charge in [0.25, 0.3) is 0 Å². The third-order valence-corrected chi connectivity index (χ3v) is 2.99. The van der Waals surface area contributed by atoms with Gasteiger partial charge in [0.2, 0.25) is 0 Å². The molecule has 0 bridgehead atoms. The van der Waals surface area contributed by atoms with Gasteiger partial charge in [-0.05, 0) is 51.9 Å². The highest BCUT2D eigenvalue weighted by molar-refractivity contribution is 4.82. The van der Waals surface area contributed by atoms with Crippen LogP contribution in [0.25, 0.3) is 0 Å². The van der Waals surface area contributed by atoms with Crippen molar-refractivity contribution in [3.05, 3.63) is 0 Å². The quantitative estimate of drug-likeness (QED) is 0.667. The fraction of sp³-hybridized carbons (Fsp3) is 1.00. The van der Waals surface area contributed by atoms with E-state index < -0.39 is 0 Å². The van der Waals surface area contributed by atoms with Crippen LogP contribution in [0.5, 0.6) is 0 Å². The molecule has 1 fully saturated rings. The Morgan fingerprint density at radius 1 is 1.07 bits per heavy atom. The van der Waals surface area contributed by atoms with Crippen LogP contribution in [0.15, 0.2) is 0 Å². The molecule has 0 radical (unpaired) electrons. The van der Waals surface area contributed by atoms with Gasteiger partial charge < -0.3 is 0 Å². The fourth-order valence-electron chi connectivity index (χ4n) is 1.86. The zero-order chi connectivity index (χ0) is 10.8. The standard InChI is InChI=1S/C12H26N2/c1-11(2,3)14-13-10-6-8-12(4,5)9-7-10/h10,13-14H,6-9H2,1-5H3. The van der Waals surface area contributed by atoms with Crippen LogP contribution in [0.2, 0.25) is 0 Å². The molecule has 0 aromatic heterocycles. The van der Waals surface area contributed by atoms with E-state index >= 15 is 0 Å². The van der Waals surface area contributed by atoms with Crippen molar-refractivity contribution in [3.63, 3.8) is 0 Å². The van der Waals surface area contributed by atoms with Gasteiger partial charge in [-0.1, -0.05) is 13.8 Å². The van der Waals surface area contributed by atoms with Crippen molar-refractivity contribution in [1.82, 2.24) is 10.9 Å². The second-order valence-corrected chi connectivity index (χ2v) is 6.46. The van der Waals surface area contributed by atoms with E-state index in [0.29, 0.717) is 11.5 Å². The smallest absolute Gasteiger partial charge is 0.0239 e. The maximum atomic E-state index is 3.45. The average molecular weight is 198 g/mol. The number of hydrogen-bond acceptors (Lipinski definition) is 2. The molecule has 0 aliphatic heterocycles. The first-order valence-electron chi connectivity index (χ1n) is 5.81. The summed E-state index contributed by atoms with van der Waals surface area (Å²) in [6, 6.07) is 0.669. The SMILES string of the molecule is CC1(C)CCC(NNC(C)(C)C)CC1. The molecule has 2 N–H and O–H groups in total. The zero-order valence-electron chi connectivity index (χ0n) is 10.4. The molecule has 84 valence electrons. The highest BCUT2D eigenvalue weighted by atomic mass is 15.4. The second kappa shape index (κ2) is 4.19. The second-order valence-electron chi connectivity index (χ2n) is 6.46. The van der Waals surface area contributed by atoms with Crippen molar-refractivity contribution >= 4 is 0 Å². The molecular weight excluding hydrogens is 172 g/mol. The Hall–Kier alpha value is -0.0800. The number of hydrazine groups is 1. The molecule has 1 saturated carbocycles. The first kappa shape index (κ1) is 12.0. The third-order valence-electron chi connectivity index (χ3n) is 2.99. The lowest BCUT2D eigenvalue weighted by atomic mass is 9.76. The largest absolute Gasteiger partial charge is 0.254 e. The van der Waals surface area contributed by atoms with Crippen molar-refractivity contribution in [3.8, 4) is 0 Å². The molecule has 2 heteroatoms. The summed E-state index contributed by atoms with van der Waals surface area (Å²) >= 11 is 0. The Balaban J connectivity index is 2.23. The normalized spacial score (nSPS) is 23.8. The van der Waals surface area contributed by atoms with E-state index in [1.807, 2.05) is 0 Å². The molecule has 0 atom stereocenters. The van der Waals surface area contributed by atoms with Crippen LogP contribution in [-0.4, -0.2) is 11.6 Å². The van der Waals surface area contributed by atoms with Gasteiger partial charge in [-0.2, -0.15) is 0 Å². The summed E-state index contributed by atoms with van der Waals surface area (Å²) in [4.78, 5) is 0. The van der Waals surface area contributed by atoms with Crippen LogP contribution in [0.4, 0.5) is 0 Å². The van der Waals surface area contributed by atoms with E-state index in [1.165, 1.54) is 25.7 Å². The zero-order valence-corrected chi connectivity index (χ0v) is 10.4. The van der Waals surface area contributed by atoms with Crippen molar-refractivity contribution < 1.29 is 0 Å². The van der Waals surface area contributed by atoms with E-state index in [0.717, 1.165) is 0 Å². The van der Waals surface area contributed by atoms with Gasteiger partial charge in [0.1, 0.15) is 0 Å². The molecule has 1 rings (SSSR count). The minimum Gasteiger partial charge on any atom is -0.254 e. The summed E-state index contributed by atoms with van der Waals surface area (Å²) in [5, 5.41) is 0. The molecule has 1 aliphatic carbocycles. The van der Waals surface area contributed by atoms with Gasteiger partial charge in [0.05, 0.1) is 0 Å². The molecule has 0 unspecified atom stereocenters. The summed E-state index contributed by atoms with van der Waals surface area (Å²) in [7, 11) is 0. The summed E-state index contributed by atoms with van der Waals surface area (Å²) < 4.78 is 0. The summed E-state index contributed by atoms with van der Waals surface area (Å²) in [5.74, 6) is 0. The Bertz CT molecular complexity index is 169.